The number of carboxylic acid groups (broad SMARTS) is 1. The molecule has 0 bridgehead atoms. The number of carbonyl (C=O) groups is 2. The summed E-state index contributed by atoms with van der Waals surface area (Å²) in [4.78, 5) is 22.0. The third-order valence-corrected chi connectivity index (χ3v) is 2.33. The summed E-state index contributed by atoms with van der Waals surface area (Å²) in [6.07, 6.45) is 4.65. The van der Waals surface area contributed by atoms with E-state index in [1.807, 2.05) is 12.2 Å². The highest BCUT2D eigenvalue weighted by atomic mass is 16.4. The first kappa shape index (κ1) is 9.77. The van der Waals surface area contributed by atoms with Crippen molar-refractivity contribution in [2.24, 2.45) is 11.8 Å². The summed E-state index contributed by atoms with van der Waals surface area (Å²) < 4.78 is 0. The fraction of sp³-hybridized carbons (Fsp3) is 0.556. The van der Waals surface area contributed by atoms with Gasteiger partial charge in [-0.25, -0.2) is 0 Å². The Labute approximate surface area is 76.6 Å². The summed E-state index contributed by atoms with van der Waals surface area (Å²) in [5.41, 5.74) is 0. The summed E-state index contributed by atoms with van der Waals surface area (Å²) in [7, 11) is 1.53. The van der Waals surface area contributed by atoms with Gasteiger partial charge in [0.2, 0.25) is 5.91 Å². The van der Waals surface area contributed by atoms with Gasteiger partial charge in [-0.3, -0.25) is 9.59 Å². The second-order valence-electron chi connectivity index (χ2n) is 3.11. The SMILES string of the molecule is CNC(=O)C1CC=CCC1C(=O)O. The Morgan fingerprint density at radius 3 is 2.31 bits per heavy atom. The minimum absolute atomic E-state index is 0.184. The van der Waals surface area contributed by atoms with E-state index in [9.17, 15) is 9.59 Å². The zero-order valence-corrected chi connectivity index (χ0v) is 7.49. The minimum Gasteiger partial charge on any atom is -0.481 e. The maximum Gasteiger partial charge on any atom is 0.307 e. The first-order valence-corrected chi connectivity index (χ1v) is 4.26. The molecule has 4 nitrogen and oxygen atoms in total. The molecule has 72 valence electrons. The molecule has 13 heavy (non-hydrogen) atoms. The number of allylic oxidation sites excluding steroid dienone is 2. The first-order chi connectivity index (χ1) is 6.16. The Balaban J connectivity index is 2.75. The van der Waals surface area contributed by atoms with Crippen molar-refractivity contribution in [3.8, 4) is 0 Å². The number of amides is 1. The van der Waals surface area contributed by atoms with E-state index < -0.39 is 17.8 Å². The first-order valence-electron chi connectivity index (χ1n) is 4.26. The lowest BCUT2D eigenvalue weighted by molar-refractivity contribution is -0.147. The predicted molar refractivity (Wildman–Crippen MR) is 47.1 cm³/mol. The lowest BCUT2D eigenvalue weighted by Crippen LogP contribution is -2.37. The molecule has 0 fully saturated rings. The largest absolute Gasteiger partial charge is 0.481 e. The fourth-order valence-electron chi connectivity index (χ4n) is 1.56. The molecule has 0 aliphatic heterocycles. The van der Waals surface area contributed by atoms with Crippen LogP contribution in [0.15, 0.2) is 12.2 Å². The number of rotatable bonds is 2. The van der Waals surface area contributed by atoms with Gasteiger partial charge in [0.05, 0.1) is 11.8 Å². The van der Waals surface area contributed by atoms with Crippen molar-refractivity contribution < 1.29 is 14.7 Å². The summed E-state index contributed by atoms with van der Waals surface area (Å²) in [5.74, 6) is -2.05. The van der Waals surface area contributed by atoms with Gasteiger partial charge in [0.25, 0.3) is 0 Å². The van der Waals surface area contributed by atoms with Crippen molar-refractivity contribution >= 4 is 11.9 Å². The van der Waals surface area contributed by atoms with Crippen LogP contribution in [-0.4, -0.2) is 24.0 Å². The van der Waals surface area contributed by atoms with Gasteiger partial charge in [0, 0.05) is 7.05 Å². The smallest absolute Gasteiger partial charge is 0.307 e. The average Bonchev–Trinajstić information content (AvgIpc) is 2.16. The zero-order valence-electron chi connectivity index (χ0n) is 7.49. The van der Waals surface area contributed by atoms with E-state index >= 15 is 0 Å². The van der Waals surface area contributed by atoms with Gasteiger partial charge in [0.15, 0.2) is 0 Å². The van der Waals surface area contributed by atoms with Crippen molar-refractivity contribution in [1.29, 1.82) is 0 Å². The van der Waals surface area contributed by atoms with Crippen molar-refractivity contribution in [1.82, 2.24) is 5.32 Å². The van der Waals surface area contributed by atoms with E-state index in [2.05, 4.69) is 5.32 Å². The van der Waals surface area contributed by atoms with Gasteiger partial charge in [0.1, 0.15) is 0 Å². The minimum atomic E-state index is -0.891. The van der Waals surface area contributed by atoms with Crippen LogP contribution >= 0.6 is 0 Å². The van der Waals surface area contributed by atoms with Crippen LogP contribution in [0.4, 0.5) is 0 Å². The van der Waals surface area contributed by atoms with E-state index in [1.165, 1.54) is 7.05 Å². The lowest BCUT2D eigenvalue weighted by Gasteiger charge is -2.23. The van der Waals surface area contributed by atoms with E-state index in [0.717, 1.165) is 0 Å². The molecule has 2 N–H and O–H groups in total. The second-order valence-corrected chi connectivity index (χ2v) is 3.11. The predicted octanol–water partition coefficient (Wildman–Crippen LogP) is 0.399. The van der Waals surface area contributed by atoms with Crippen LogP contribution in [0.25, 0.3) is 0 Å². The van der Waals surface area contributed by atoms with Gasteiger partial charge in [-0.05, 0) is 12.8 Å². The number of hydrogen-bond donors (Lipinski definition) is 2. The van der Waals surface area contributed by atoms with E-state index in [-0.39, 0.29) is 5.91 Å². The Morgan fingerprint density at radius 1 is 1.31 bits per heavy atom. The van der Waals surface area contributed by atoms with Crippen molar-refractivity contribution in [2.75, 3.05) is 7.05 Å². The number of aliphatic carboxylic acids is 1. The summed E-state index contributed by atoms with van der Waals surface area (Å²) in [6, 6.07) is 0. The van der Waals surface area contributed by atoms with Gasteiger partial charge in [-0.2, -0.15) is 0 Å². The lowest BCUT2D eigenvalue weighted by atomic mass is 9.82. The van der Waals surface area contributed by atoms with Crippen LogP contribution in [0, 0.1) is 11.8 Å². The van der Waals surface area contributed by atoms with Gasteiger partial charge >= 0.3 is 5.97 Å². The molecule has 0 aromatic carbocycles. The molecular formula is C9H13NO3. The molecule has 1 amide bonds. The average molecular weight is 183 g/mol. The molecule has 1 aliphatic rings. The topological polar surface area (TPSA) is 66.4 Å². The molecule has 1 aliphatic carbocycles. The van der Waals surface area contributed by atoms with Crippen LogP contribution < -0.4 is 5.32 Å². The Morgan fingerprint density at radius 2 is 1.85 bits per heavy atom. The summed E-state index contributed by atoms with van der Waals surface area (Å²) in [6.45, 7) is 0. The molecule has 0 radical (unpaired) electrons. The molecule has 0 aromatic heterocycles. The number of nitrogens with one attached hydrogen (secondary N) is 1. The highest BCUT2D eigenvalue weighted by Gasteiger charge is 2.33. The maximum atomic E-state index is 11.3. The maximum absolute atomic E-state index is 11.3. The molecule has 0 saturated heterocycles. The highest BCUT2D eigenvalue weighted by molar-refractivity contribution is 5.85. The van der Waals surface area contributed by atoms with Gasteiger partial charge in [-0.1, -0.05) is 12.2 Å². The molecule has 4 heteroatoms. The number of carbonyl (C=O) groups excluding carboxylic acids is 1. The third-order valence-electron chi connectivity index (χ3n) is 2.33. The molecule has 0 saturated carbocycles. The normalized spacial score (nSPS) is 26.8. The third kappa shape index (κ3) is 2.08. The quantitative estimate of drug-likeness (QED) is 0.609. The van der Waals surface area contributed by atoms with E-state index in [4.69, 9.17) is 5.11 Å². The molecule has 1 rings (SSSR count). The van der Waals surface area contributed by atoms with Crippen molar-refractivity contribution in [2.45, 2.75) is 12.8 Å². The van der Waals surface area contributed by atoms with Crippen LogP contribution in [0.1, 0.15) is 12.8 Å². The molecular weight excluding hydrogens is 170 g/mol. The molecule has 0 heterocycles. The molecule has 2 unspecified atom stereocenters. The number of carboxylic acids is 1. The van der Waals surface area contributed by atoms with E-state index in [0.29, 0.717) is 12.8 Å². The summed E-state index contributed by atoms with van der Waals surface area (Å²) >= 11 is 0. The van der Waals surface area contributed by atoms with Crippen LogP contribution in [0.5, 0.6) is 0 Å². The second kappa shape index (κ2) is 4.07. The Bertz CT molecular complexity index is 247. The van der Waals surface area contributed by atoms with Crippen molar-refractivity contribution in [3.05, 3.63) is 12.2 Å². The van der Waals surface area contributed by atoms with Crippen LogP contribution in [-0.2, 0) is 9.59 Å². The Kier molecular flexibility index (Phi) is 3.06. The molecule has 0 spiro atoms. The zero-order chi connectivity index (χ0) is 9.84. The number of hydrogen-bond acceptors (Lipinski definition) is 2. The molecule has 2 atom stereocenters. The van der Waals surface area contributed by atoms with Gasteiger partial charge in [-0.15, -0.1) is 0 Å². The van der Waals surface area contributed by atoms with Gasteiger partial charge < -0.3 is 10.4 Å². The fourth-order valence-corrected chi connectivity index (χ4v) is 1.56. The monoisotopic (exact) mass is 183 g/mol. The van der Waals surface area contributed by atoms with Crippen molar-refractivity contribution in [3.63, 3.8) is 0 Å². The Hall–Kier alpha value is -1.32. The molecule has 0 aromatic rings. The van der Waals surface area contributed by atoms with Crippen LogP contribution in [0.3, 0.4) is 0 Å². The van der Waals surface area contributed by atoms with Crippen LogP contribution in [0.2, 0.25) is 0 Å². The summed E-state index contributed by atoms with van der Waals surface area (Å²) in [5, 5.41) is 11.3. The highest BCUT2D eigenvalue weighted by Crippen LogP contribution is 2.25. The van der Waals surface area contributed by atoms with E-state index in [1.54, 1.807) is 0 Å². The standard InChI is InChI=1S/C9H13NO3/c1-10-8(11)6-4-2-3-5-7(6)9(12)13/h2-3,6-7H,4-5H2,1H3,(H,10,11)(H,12,13).